The van der Waals surface area contributed by atoms with Crippen LogP contribution in [0.2, 0.25) is 5.28 Å². The molecule has 104 valence electrons. The molecule has 2 rings (SSSR count). The van der Waals surface area contributed by atoms with Gasteiger partial charge in [0.15, 0.2) is 0 Å². The van der Waals surface area contributed by atoms with Crippen molar-refractivity contribution in [1.82, 2.24) is 9.97 Å². The van der Waals surface area contributed by atoms with Gasteiger partial charge in [0.2, 0.25) is 11.1 Å². The first-order valence-corrected chi connectivity index (χ1v) is 6.25. The van der Waals surface area contributed by atoms with E-state index in [2.05, 4.69) is 9.97 Å². The summed E-state index contributed by atoms with van der Waals surface area (Å²) in [6.07, 6.45) is 1.11. The van der Waals surface area contributed by atoms with Gasteiger partial charge in [-0.1, -0.05) is 6.07 Å². The lowest BCUT2D eigenvalue weighted by Gasteiger charge is -2.19. The molecule has 0 saturated carbocycles. The monoisotopic (exact) mass is 292 g/mol. The van der Waals surface area contributed by atoms with Gasteiger partial charge in [0.1, 0.15) is 6.20 Å². The van der Waals surface area contributed by atoms with Crippen molar-refractivity contribution >= 4 is 28.8 Å². The number of aromatic nitrogens is 2. The number of hydrogen-bond acceptors (Lipinski definition) is 5. The summed E-state index contributed by atoms with van der Waals surface area (Å²) in [5.41, 5.74) is 2.75. The number of benzene rings is 1. The average Bonchev–Trinajstić information content (AvgIpc) is 2.36. The van der Waals surface area contributed by atoms with Crippen molar-refractivity contribution in [2.75, 3.05) is 11.9 Å². The highest BCUT2D eigenvalue weighted by Gasteiger charge is 2.21. The van der Waals surface area contributed by atoms with Crippen molar-refractivity contribution in [3.05, 3.63) is 50.9 Å². The minimum absolute atomic E-state index is 0.0261. The average molecular weight is 293 g/mol. The van der Waals surface area contributed by atoms with Crippen LogP contribution in [0, 0.1) is 24.0 Å². The zero-order valence-corrected chi connectivity index (χ0v) is 12.0. The van der Waals surface area contributed by atoms with Crippen molar-refractivity contribution in [3.8, 4) is 0 Å². The lowest BCUT2D eigenvalue weighted by atomic mass is 10.1. The molecule has 0 fully saturated rings. The molecule has 7 heteroatoms. The number of anilines is 2. The normalized spacial score (nSPS) is 10.4. The molecule has 0 aliphatic rings. The third-order valence-electron chi connectivity index (χ3n) is 2.83. The Morgan fingerprint density at radius 1 is 1.25 bits per heavy atom. The van der Waals surface area contributed by atoms with Gasteiger partial charge in [0, 0.05) is 12.7 Å². The molecule has 0 unspecified atom stereocenters. The predicted molar refractivity (Wildman–Crippen MR) is 77.7 cm³/mol. The van der Waals surface area contributed by atoms with Crippen molar-refractivity contribution in [3.63, 3.8) is 0 Å². The van der Waals surface area contributed by atoms with Gasteiger partial charge in [0.05, 0.1) is 4.92 Å². The lowest BCUT2D eigenvalue weighted by molar-refractivity contribution is -0.384. The number of hydrogen-bond donors (Lipinski definition) is 0. The van der Waals surface area contributed by atoms with Gasteiger partial charge < -0.3 is 4.90 Å². The Morgan fingerprint density at radius 2 is 1.85 bits per heavy atom. The van der Waals surface area contributed by atoms with Crippen LogP contribution in [-0.4, -0.2) is 21.9 Å². The van der Waals surface area contributed by atoms with Crippen LogP contribution in [-0.2, 0) is 0 Å². The van der Waals surface area contributed by atoms with Crippen LogP contribution in [0.15, 0.2) is 24.4 Å². The highest BCUT2D eigenvalue weighted by molar-refractivity contribution is 6.28. The highest BCUT2D eigenvalue weighted by Crippen LogP contribution is 2.31. The van der Waals surface area contributed by atoms with Crippen LogP contribution in [0.4, 0.5) is 17.2 Å². The molecule has 20 heavy (non-hydrogen) atoms. The molecule has 0 amide bonds. The second-order valence-corrected chi connectivity index (χ2v) is 4.85. The molecule has 0 bridgehead atoms. The van der Waals surface area contributed by atoms with Gasteiger partial charge in [-0.3, -0.25) is 10.1 Å². The van der Waals surface area contributed by atoms with E-state index in [1.54, 1.807) is 11.9 Å². The number of nitrogens with zero attached hydrogens (tertiary/aromatic N) is 4. The lowest BCUT2D eigenvalue weighted by Crippen LogP contribution is -2.14. The summed E-state index contributed by atoms with van der Waals surface area (Å²) in [5.74, 6) is 0.167. The quantitative estimate of drug-likeness (QED) is 0.492. The molecular formula is C13H13ClN4O2. The van der Waals surface area contributed by atoms with Gasteiger partial charge >= 0.3 is 5.69 Å². The summed E-state index contributed by atoms with van der Waals surface area (Å²) in [5, 5.41) is 11.0. The molecule has 0 N–H and O–H groups in total. The van der Waals surface area contributed by atoms with Crippen molar-refractivity contribution in [2.24, 2.45) is 0 Å². The third-order valence-corrected chi connectivity index (χ3v) is 3.01. The van der Waals surface area contributed by atoms with E-state index >= 15 is 0 Å². The van der Waals surface area contributed by atoms with Gasteiger partial charge in [0.25, 0.3) is 0 Å². The maximum absolute atomic E-state index is 11.1. The fourth-order valence-electron chi connectivity index (χ4n) is 1.99. The van der Waals surface area contributed by atoms with E-state index in [-0.39, 0.29) is 16.8 Å². The van der Waals surface area contributed by atoms with Crippen molar-refractivity contribution < 1.29 is 4.92 Å². The summed E-state index contributed by atoms with van der Waals surface area (Å²) in [6.45, 7) is 3.93. The van der Waals surface area contributed by atoms with E-state index in [1.165, 1.54) is 0 Å². The standard InChI is InChI=1S/C13H13ClN4O2/c1-8-4-9(2)6-10(5-8)17(3)12-11(18(19)20)7-15-13(14)16-12/h4-7H,1-3H3. The second kappa shape index (κ2) is 5.42. The molecular weight excluding hydrogens is 280 g/mol. The number of rotatable bonds is 3. The highest BCUT2D eigenvalue weighted by atomic mass is 35.5. The second-order valence-electron chi connectivity index (χ2n) is 4.51. The van der Waals surface area contributed by atoms with Gasteiger partial charge in [-0.15, -0.1) is 0 Å². The largest absolute Gasteiger partial charge is 0.330 e. The SMILES string of the molecule is Cc1cc(C)cc(N(C)c2nc(Cl)ncc2[N+](=O)[O-])c1. The van der Waals surface area contributed by atoms with Crippen LogP contribution >= 0.6 is 11.6 Å². The van der Waals surface area contributed by atoms with Crippen LogP contribution in [0.5, 0.6) is 0 Å². The molecule has 1 aromatic carbocycles. The van der Waals surface area contributed by atoms with E-state index in [0.29, 0.717) is 0 Å². The van der Waals surface area contributed by atoms with E-state index in [9.17, 15) is 10.1 Å². The first kappa shape index (κ1) is 14.2. The van der Waals surface area contributed by atoms with Crippen LogP contribution in [0.25, 0.3) is 0 Å². The van der Waals surface area contributed by atoms with E-state index in [1.807, 2.05) is 32.0 Å². The summed E-state index contributed by atoms with van der Waals surface area (Å²) >= 11 is 5.74. The first-order chi connectivity index (χ1) is 9.38. The topological polar surface area (TPSA) is 72.2 Å². The Labute approximate surface area is 121 Å². The first-order valence-electron chi connectivity index (χ1n) is 5.87. The van der Waals surface area contributed by atoms with Crippen molar-refractivity contribution in [1.29, 1.82) is 0 Å². The Kier molecular flexibility index (Phi) is 3.85. The molecule has 0 aliphatic carbocycles. The van der Waals surface area contributed by atoms with Gasteiger partial charge in [-0.25, -0.2) is 4.98 Å². The fraction of sp³-hybridized carbons (Fsp3) is 0.231. The van der Waals surface area contributed by atoms with Crippen LogP contribution < -0.4 is 4.90 Å². The number of aryl methyl sites for hydroxylation is 2. The van der Waals surface area contributed by atoms with E-state index in [4.69, 9.17) is 11.6 Å². The van der Waals surface area contributed by atoms with Crippen LogP contribution in [0.1, 0.15) is 11.1 Å². The fourth-order valence-corrected chi connectivity index (χ4v) is 2.12. The summed E-state index contributed by atoms with van der Waals surface area (Å²) in [4.78, 5) is 19.8. The Morgan fingerprint density at radius 3 is 2.40 bits per heavy atom. The molecule has 2 aromatic rings. The molecule has 0 saturated heterocycles. The van der Waals surface area contributed by atoms with Gasteiger partial charge in [-0.05, 0) is 48.7 Å². The Balaban J connectivity index is 2.54. The maximum atomic E-state index is 11.1. The summed E-state index contributed by atoms with van der Waals surface area (Å²) < 4.78 is 0. The van der Waals surface area contributed by atoms with Gasteiger partial charge in [-0.2, -0.15) is 4.98 Å². The number of nitro groups is 1. The predicted octanol–water partition coefficient (Wildman–Crippen LogP) is 3.42. The summed E-state index contributed by atoms with van der Waals surface area (Å²) in [6, 6.07) is 5.87. The molecule has 1 heterocycles. The smallest absolute Gasteiger partial charge is 0.324 e. The van der Waals surface area contributed by atoms with Crippen LogP contribution in [0.3, 0.4) is 0 Å². The zero-order chi connectivity index (χ0) is 14.9. The Hall–Kier alpha value is -2.21. The third kappa shape index (κ3) is 2.85. The molecule has 1 aromatic heterocycles. The molecule has 6 nitrogen and oxygen atoms in total. The minimum atomic E-state index is -0.523. The minimum Gasteiger partial charge on any atom is -0.324 e. The van der Waals surface area contributed by atoms with E-state index < -0.39 is 4.92 Å². The zero-order valence-electron chi connectivity index (χ0n) is 11.3. The molecule has 0 radical (unpaired) electrons. The summed E-state index contributed by atoms with van der Waals surface area (Å²) in [7, 11) is 1.71. The molecule has 0 atom stereocenters. The maximum Gasteiger partial charge on any atom is 0.330 e. The van der Waals surface area contributed by atoms with E-state index in [0.717, 1.165) is 23.0 Å². The molecule has 0 aliphatic heterocycles. The number of halogens is 1. The van der Waals surface area contributed by atoms with Crippen molar-refractivity contribution in [2.45, 2.75) is 13.8 Å². The molecule has 0 spiro atoms. The Bertz CT molecular complexity index is 655.